The normalized spacial score (nSPS) is 16.3. The first kappa shape index (κ1) is 14.1. The number of benzene rings is 1. The summed E-state index contributed by atoms with van der Waals surface area (Å²) in [5.41, 5.74) is 1.19. The lowest BCUT2D eigenvalue weighted by atomic mass is 10.1. The Morgan fingerprint density at radius 1 is 1.32 bits per heavy atom. The van der Waals surface area contributed by atoms with Crippen molar-refractivity contribution in [3.63, 3.8) is 0 Å². The van der Waals surface area contributed by atoms with E-state index >= 15 is 0 Å². The maximum absolute atomic E-state index is 11.9. The Kier molecular flexibility index (Phi) is 4.58. The van der Waals surface area contributed by atoms with Crippen LogP contribution < -0.4 is 0 Å². The van der Waals surface area contributed by atoms with Gasteiger partial charge in [-0.05, 0) is 30.5 Å². The highest BCUT2D eigenvalue weighted by Crippen LogP contribution is 2.22. The molecule has 0 aliphatic carbocycles. The SMILES string of the molecule is O=C(O)c1ccc(CN2CCCCCC2=O)c(Br)c1. The van der Waals surface area contributed by atoms with E-state index in [1.54, 1.807) is 18.2 Å². The zero-order valence-electron chi connectivity index (χ0n) is 10.6. The monoisotopic (exact) mass is 325 g/mol. The Labute approximate surface area is 120 Å². The topological polar surface area (TPSA) is 57.6 Å². The lowest BCUT2D eigenvalue weighted by Gasteiger charge is -2.21. The van der Waals surface area contributed by atoms with Crippen molar-refractivity contribution >= 4 is 27.8 Å². The van der Waals surface area contributed by atoms with Crippen molar-refractivity contribution in [3.8, 4) is 0 Å². The number of hydrogen-bond acceptors (Lipinski definition) is 2. The number of rotatable bonds is 3. The third-order valence-corrected chi connectivity index (χ3v) is 4.07. The van der Waals surface area contributed by atoms with Crippen LogP contribution in [0.25, 0.3) is 0 Å². The second-order valence-corrected chi connectivity index (χ2v) is 5.59. The largest absolute Gasteiger partial charge is 0.478 e. The molecule has 1 N–H and O–H groups in total. The number of aromatic carboxylic acids is 1. The van der Waals surface area contributed by atoms with E-state index in [-0.39, 0.29) is 11.5 Å². The Morgan fingerprint density at radius 3 is 2.79 bits per heavy atom. The molecular formula is C14H16BrNO3. The fourth-order valence-electron chi connectivity index (χ4n) is 2.22. The molecule has 0 aromatic heterocycles. The minimum Gasteiger partial charge on any atom is -0.478 e. The molecule has 0 radical (unpaired) electrons. The zero-order valence-corrected chi connectivity index (χ0v) is 12.1. The number of likely N-dealkylation sites (tertiary alicyclic amines) is 1. The van der Waals surface area contributed by atoms with Crippen LogP contribution in [0.3, 0.4) is 0 Å². The average molecular weight is 326 g/mol. The maximum Gasteiger partial charge on any atom is 0.335 e. The highest BCUT2D eigenvalue weighted by atomic mass is 79.9. The molecule has 5 heteroatoms. The third-order valence-electron chi connectivity index (χ3n) is 3.33. The summed E-state index contributed by atoms with van der Waals surface area (Å²) in [6, 6.07) is 4.93. The van der Waals surface area contributed by atoms with E-state index < -0.39 is 5.97 Å². The van der Waals surface area contributed by atoms with Gasteiger partial charge in [-0.1, -0.05) is 28.4 Å². The van der Waals surface area contributed by atoms with Crippen molar-refractivity contribution in [1.82, 2.24) is 4.90 Å². The van der Waals surface area contributed by atoms with Crippen LogP contribution in [-0.2, 0) is 11.3 Å². The molecule has 0 spiro atoms. The van der Waals surface area contributed by atoms with Gasteiger partial charge in [0.2, 0.25) is 5.91 Å². The average Bonchev–Trinajstić information content (AvgIpc) is 2.57. The van der Waals surface area contributed by atoms with Gasteiger partial charge < -0.3 is 10.0 Å². The standard InChI is InChI=1S/C14H16BrNO3/c15-12-8-10(14(18)19)5-6-11(12)9-16-7-3-1-2-4-13(16)17/h5-6,8H,1-4,7,9H2,(H,18,19). The summed E-state index contributed by atoms with van der Waals surface area (Å²) in [4.78, 5) is 24.6. The number of nitrogens with zero attached hydrogens (tertiary/aromatic N) is 1. The lowest BCUT2D eigenvalue weighted by Crippen LogP contribution is -2.29. The molecule has 0 saturated carbocycles. The summed E-state index contributed by atoms with van der Waals surface area (Å²) >= 11 is 3.38. The molecule has 0 atom stereocenters. The first-order valence-electron chi connectivity index (χ1n) is 6.37. The summed E-state index contributed by atoms with van der Waals surface area (Å²) in [7, 11) is 0. The van der Waals surface area contributed by atoms with Crippen LogP contribution in [0.4, 0.5) is 0 Å². The van der Waals surface area contributed by atoms with Crippen LogP contribution in [0.2, 0.25) is 0 Å². The highest BCUT2D eigenvalue weighted by Gasteiger charge is 2.18. The minimum atomic E-state index is -0.946. The molecule has 1 aliphatic heterocycles. The third kappa shape index (κ3) is 3.56. The van der Waals surface area contributed by atoms with E-state index in [0.717, 1.165) is 35.8 Å². The molecule has 1 fully saturated rings. The smallest absolute Gasteiger partial charge is 0.335 e. The fraction of sp³-hybridized carbons (Fsp3) is 0.429. The van der Waals surface area contributed by atoms with Crippen LogP contribution >= 0.6 is 15.9 Å². The lowest BCUT2D eigenvalue weighted by molar-refractivity contribution is -0.131. The number of hydrogen-bond donors (Lipinski definition) is 1. The maximum atomic E-state index is 11.9. The molecule has 1 aromatic rings. The summed E-state index contributed by atoms with van der Waals surface area (Å²) in [6.07, 6.45) is 3.72. The summed E-state index contributed by atoms with van der Waals surface area (Å²) in [5, 5.41) is 8.92. The number of carboxylic acids is 1. The second kappa shape index (κ2) is 6.19. The first-order chi connectivity index (χ1) is 9.08. The molecule has 1 amide bonds. The number of amides is 1. The van der Waals surface area contributed by atoms with E-state index in [9.17, 15) is 9.59 Å². The van der Waals surface area contributed by atoms with E-state index in [1.165, 1.54) is 0 Å². The van der Waals surface area contributed by atoms with E-state index in [1.807, 2.05) is 4.90 Å². The molecule has 1 aliphatic rings. The molecule has 1 heterocycles. The van der Waals surface area contributed by atoms with Gasteiger partial charge >= 0.3 is 5.97 Å². The van der Waals surface area contributed by atoms with Crippen LogP contribution in [0.15, 0.2) is 22.7 Å². The Hall–Kier alpha value is -1.36. The molecule has 19 heavy (non-hydrogen) atoms. The Morgan fingerprint density at radius 2 is 2.11 bits per heavy atom. The summed E-state index contributed by atoms with van der Waals surface area (Å²) in [5.74, 6) is -0.759. The molecule has 2 rings (SSSR count). The fourth-order valence-corrected chi connectivity index (χ4v) is 2.72. The van der Waals surface area contributed by atoms with Crippen LogP contribution in [0, 0.1) is 0 Å². The van der Waals surface area contributed by atoms with Gasteiger partial charge in [-0.3, -0.25) is 4.79 Å². The van der Waals surface area contributed by atoms with Crippen molar-refractivity contribution in [2.45, 2.75) is 32.2 Å². The van der Waals surface area contributed by atoms with Gasteiger partial charge in [-0.15, -0.1) is 0 Å². The molecule has 0 bridgehead atoms. The van der Waals surface area contributed by atoms with Gasteiger partial charge in [0.05, 0.1) is 5.56 Å². The van der Waals surface area contributed by atoms with E-state index in [2.05, 4.69) is 15.9 Å². The molecule has 1 saturated heterocycles. The van der Waals surface area contributed by atoms with Gasteiger partial charge in [0.1, 0.15) is 0 Å². The number of carbonyl (C=O) groups is 2. The molecule has 4 nitrogen and oxygen atoms in total. The van der Waals surface area contributed by atoms with Crippen molar-refractivity contribution < 1.29 is 14.7 Å². The van der Waals surface area contributed by atoms with Gasteiger partial charge in [0, 0.05) is 24.0 Å². The van der Waals surface area contributed by atoms with Gasteiger partial charge in [-0.25, -0.2) is 4.79 Å². The second-order valence-electron chi connectivity index (χ2n) is 4.74. The molecular weight excluding hydrogens is 310 g/mol. The quantitative estimate of drug-likeness (QED) is 0.929. The summed E-state index contributed by atoms with van der Waals surface area (Å²) < 4.78 is 0.740. The number of halogens is 1. The zero-order chi connectivity index (χ0) is 13.8. The van der Waals surface area contributed by atoms with Gasteiger partial charge in [-0.2, -0.15) is 0 Å². The Balaban J connectivity index is 2.14. The molecule has 1 aromatic carbocycles. The summed E-state index contributed by atoms with van der Waals surface area (Å²) in [6.45, 7) is 1.32. The van der Waals surface area contributed by atoms with E-state index in [4.69, 9.17) is 5.11 Å². The van der Waals surface area contributed by atoms with Gasteiger partial charge in [0.15, 0.2) is 0 Å². The van der Waals surface area contributed by atoms with Crippen molar-refractivity contribution in [2.24, 2.45) is 0 Å². The van der Waals surface area contributed by atoms with Crippen LogP contribution in [0.5, 0.6) is 0 Å². The van der Waals surface area contributed by atoms with Gasteiger partial charge in [0.25, 0.3) is 0 Å². The predicted octanol–water partition coefficient (Wildman–Crippen LogP) is 3.05. The highest BCUT2D eigenvalue weighted by molar-refractivity contribution is 9.10. The van der Waals surface area contributed by atoms with Crippen LogP contribution in [-0.4, -0.2) is 28.4 Å². The number of carbonyl (C=O) groups excluding carboxylic acids is 1. The molecule has 102 valence electrons. The predicted molar refractivity (Wildman–Crippen MR) is 75.0 cm³/mol. The van der Waals surface area contributed by atoms with E-state index in [0.29, 0.717) is 13.0 Å². The minimum absolute atomic E-state index is 0.187. The van der Waals surface area contributed by atoms with Crippen molar-refractivity contribution in [1.29, 1.82) is 0 Å². The number of carboxylic acid groups (broad SMARTS) is 1. The molecule has 0 unspecified atom stereocenters. The Bertz CT molecular complexity index is 501. The van der Waals surface area contributed by atoms with Crippen LogP contribution in [0.1, 0.15) is 41.6 Å². The van der Waals surface area contributed by atoms with Crippen molar-refractivity contribution in [3.05, 3.63) is 33.8 Å². The van der Waals surface area contributed by atoms with Crippen molar-refractivity contribution in [2.75, 3.05) is 6.54 Å². The first-order valence-corrected chi connectivity index (χ1v) is 7.17.